The molecule has 1 saturated heterocycles. The van der Waals surface area contributed by atoms with Crippen LogP contribution in [0.25, 0.3) is 0 Å². The minimum Gasteiger partial charge on any atom is -0.378 e. The molecule has 2 aromatic carbocycles. The van der Waals surface area contributed by atoms with Crippen molar-refractivity contribution in [3.8, 4) is 0 Å². The third-order valence-corrected chi connectivity index (χ3v) is 7.57. The third kappa shape index (κ3) is 6.34. The molecule has 0 saturated carbocycles. The van der Waals surface area contributed by atoms with E-state index in [1.54, 1.807) is 18.0 Å². The lowest BCUT2D eigenvalue weighted by atomic mass is 10.1. The first-order valence-corrected chi connectivity index (χ1v) is 13.5. The average Bonchev–Trinajstić information content (AvgIpc) is 2.90. The summed E-state index contributed by atoms with van der Waals surface area (Å²) in [5, 5.41) is 4.40. The molecule has 0 spiro atoms. The van der Waals surface area contributed by atoms with Crippen LogP contribution < -0.4 is 10.2 Å². The van der Waals surface area contributed by atoms with Crippen LogP contribution in [0.2, 0.25) is 5.28 Å². The zero-order valence-corrected chi connectivity index (χ0v) is 22.8. The molecule has 5 rings (SSSR count). The van der Waals surface area contributed by atoms with E-state index in [2.05, 4.69) is 77.5 Å². The number of hydrogen-bond acceptors (Lipinski definition) is 8. The Morgan fingerprint density at radius 3 is 2.50 bits per heavy atom. The molecule has 0 unspecified atom stereocenters. The Bertz CT molecular complexity index is 1330. The first-order chi connectivity index (χ1) is 17.5. The molecule has 7 nitrogen and oxygen atoms in total. The van der Waals surface area contributed by atoms with Crippen LogP contribution in [0, 0.1) is 6.92 Å². The molecule has 0 amide bonds. The van der Waals surface area contributed by atoms with Gasteiger partial charge in [0.2, 0.25) is 5.28 Å². The number of rotatable bonds is 7. The fourth-order valence-corrected chi connectivity index (χ4v) is 5.05. The van der Waals surface area contributed by atoms with Crippen LogP contribution in [-0.4, -0.2) is 46.2 Å². The minimum absolute atomic E-state index is 0.191. The number of aromatic nitrogens is 4. The largest absolute Gasteiger partial charge is 0.378 e. The van der Waals surface area contributed by atoms with Gasteiger partial charge in [0.1, 0.15) is 16.7 Å². The number of hydrogen-bond donors (Lipinski definition) is 1. The molecule has 0 atom stereocenters. The van der Waals surface area contributed by atoms with E-state index in [0.29, 0.717) is 12.2 Å². The molecule has 1 N–H and O–H groups in total. The van der Waals surface area contributed by atoms with Crippen LogP contribution in [0.15, 0.2) is 75.3 Å². The van der Waals surface area contributed by atoms with E-state index >= 15 is 0 Å². The standard InChI is InChI=1S/C26H24BrClN6OS/c1-17-15-29-23(14-18-2-6-20(7-3-18)34-10-12-35-13-11-34)32-25(17)36-21-8-4-19(5-9-21)31-24-22(27)16-30-26(28)33-24/h2-9,15-16H,10-14H2,1H3,(H,30,31,33). The van der Waals surface area contributed by atoms with Gasteiger partial charge in [-0.25, -0.2) is 15.0 Å². The second-order valence-corrected chi connectivity index (χ2v) is 10.6. The van der Waals surface area contributed by atoms with E-state index in [4.69, 9.17) is 21.3 Å². The van der Waals surface area contributed by atoms with Crippen molar-refractivity contribution in [2.75, 3.05) is 36.5 Å². The fourth-order valence-electron chi connectivity index (χ4n) is 3.77. The molecule has 36 heavy (non-hydrogen) atoms. The predicted molar refractivity (Wildman–Crippen MR) is 148 cm³/mol. The van der Waals surface area contributed by atoms with Crippen LogP contribution >= 0.6 is 39.3 Å². The number of nitrogens with one attached hydrogen (secondary N) is 1. The Labute approximate surface area is 227 Å². The summed E-state index contributed by atoms with van der Waals surface area (Å²) in [6, 6.07) is 16.8. The zero-order chi connectivity index (χ0) is 24.9. The molecule has 4 aromatic rings. The fraction of sp³-hybridized carbons (Fsp3) is 0.231. The molecule has 1 aliphatic heterocycles. The van der Waals surface area contributed by atoms with Gasteiger partial charge in [0, 0.05) is 48.2 Å². The maximum atomic E-state index is 5.91. The zero-order valence-electron chi connectivity index (χ0n) is 19.6. The maximum absolute atomic E-state index is 5.91. The molecular weight excluding hydrogens is 560 g/mol. The summed E-state index contributed by atoms with van der Waals surface area (Å²) in [6.45, 7) is 5.48. The molecule has 184 valence electrons. The van der Waals surface area contributed by atoms with Crippen LogP contribution in [0.4, 0.5) is 17.2 Å². The number of benzene rings is 2. The first-order valence-electron chi connectivity index (χ1n) is 11.5. The predicted octanol–water partition coefficient (Wildman–Crippen LogP) is 6.31. The van der Waals surface area contributed by atoms with Crippen molar-refractivity contribution in [1.29, 1.82) is 0 Å². The van der Waals surface area contributed by atoms with Crippen molar-refractivity contribution < 1.29 is 4.74 Å². The second kappa shape index (κ2) is 11.6. The summed E-state index contributed by atoms with van der Waals surface area (Å²) in [5.74, 6) is 1.43. The maximum Gasteiger partial charge on any atom is 0.224 e. The molecule has 1 fully saturated rings. The molecular formula is C26H24BrClN6OS. The number of nitrogens with zero attached hydrogens (tertiary/aromatic N) is 5. The van der Waals surface area contributed by atoms with Crippen molar-refractivity contribution in [3.05, 3.63) is 87.6 Å². The smallest absolute Gasteiger partial charge is 0.224 e. The van der Waals surface area contributed by atoms with Crippen LogP contribution in [0.5, 0.6) is 0 Å². The van der Waals surface area contributed by atoms with Crippen molar-refractivity contribution in [1.82, 2.24) is 19.9 Å². The Kier molecular flexibility index (Phi) is 8.01. The Balaban J connectivity index is 1.24. The number of halogens is 2. The Morgan fingerprint density at radius 1 is 1.00 bits per heavy atom. The van der Waals surface area contributed by atoms with Gasteiger partial charge in [0.15, 0.2) is 0 Å². The van der Waals surface area contributed by atoms with Gasteiger partial charge in [-0.3, -0.25) is 0 Å². The van der Waals surface area contributed by atoms with Gasteiger partial charge in [0.05, 0.1) is 17.7 Å². The van der Waals surface area contributed by atoms with Crippen LogP contribution in [0.3, 0.4) is 0 Å². The van der Waals surface area contributed by atoms with Crippen molar-refractivity contribution in [3.63, 3.8) is 0 Å². The molecule has 0 aliphatic carbocycles. The summed E-state index contributed by atoms with van der Waals surface area (Å²) in [4.78, 5) is 21.0. The van der Waals surface area contributed by atoms with E-state index in [-0.39, 0.29) is 5.28 Å². The molecule has 2 aromatic heterocycles. The van der Waals surface area contributed by atoms with E-state index < -0.39 is 0 Å². The summed E-state index contributed by atoms with van der Waals surface area (Å²) < 4.78 is 6.19. The molecule has 3 heterocycles. The lowest BCUT2D eigenvalue weighted by molar-refractivity contribution is 0.122. The highest BCUT2D eigenvalue weighted by atomic mass is 79.9. The van der Waals surface area contributed by atoms with E-state index in [0.717, 1.165) is 57.8 Å². The van der Waals surface area contributed by atoms with Gasteiger partial charge < -0.3 is 15.0 Å². The summed E-state index contributed by atoms with van der Waals surface area (Å²) in [6.07, 6.45) is 4.21. The van der Waals surface area contributed by atoms with Gasteiger partial charge in [-0.05, 0) is 82.0 Å². The second-order valence-electron chi connectivity index (χ2n) is 8.30. The normalized spacial score (nSPS) is 13.6. The Morgan fingerprint density at radius 2 is 1.75 bits per heavy atom. The van der Waals surface area contributed by atoms with Crippen LogP contribution in [0.1, 0.15) is 17.0 Å². The van der Waals surface area contributed by atoms with E-state index in [1.807, 2.05) is 25.3 Å². The number of aryl methyl sites for hydroxylation is 1. The van der Waals surface area contributed by atoms with Gasteiger partial charge >= 0.3 is 0 Å². The Hall–Kier alpha value is -2.72. The molecule has 1 aliphatic rings. The molecule has 10 heteroatoms. The van der Waals surface area contributed by atoms with Crippen molar-refractivity contribution >= 4 is 56.5 Å². The topological polar surface area (TPSA) is 76.1 Å². The van der Waals surface area contributed by atoms with Gasteiger partial charge in [-0.2, -0.15) is 4.98 Å². The highest BCUT2D eigenvalue weighted by Crippen LogP contribution is 2.31. The van der Waals surface area contributed by atoms with Gasteiger partial charge in [0.25, 0.3) is 0 Å². The minimum atomic E-state index is 0.191. The average molecular weight is 584 g/mol. The quantitative estimate of drug-likeness (QED) is 0.200. The summed E-state index contributed by atoms with van der Waals surface area (Å²) in [5.41, 5.74) is 4.37. The highest BCUT2D eigenvalue weighted by molar-refractivity contribution is 9.10. The van der Waals surface area contributed by atoms with Gasteiger partial charge in [-0.1, -0.05) is 23.9 Å². The van der Waals surface area contributed by atoms with Crippen molar-refractivity contribution in [2.24, 2.45) is 0 Å². The van der Waals surface area contributed by atoms with Crippen LogP contribution in [-0.2, 0) is 11.2 Å². The number of morpholine rings is 1. The first kappa shape index (κ1) is 25.0. The van der Waals surface area contributed by atoms with Gasteiger partial charge in [-0.15, -0.1) is 0 Å². The number of ether oxygens (including phenoxy) is 1. The lowest BCUT2D eigenvalue weighted by Crippen LogP contribution is -2.36. The SMILES string of the molecule is Cc1cnc(Cc2ccc(N3CCOCC3)cc2)nc1Sc1ccc(Nc2nc(Cl)ncc2Br)cc1. The summed E-state index contributed by atoms with van der Waals surface area (Å²) >= 11 is 11.0. The number of anilines is 3. The summed E-state index contributed by atoms with van der Waals surface area (Å²) in [7, 11) is 0. The van der Waals surface area contributed by atoms with E-state index in [1.165, 1.54) is 11.3 Å². The lowest BCUT2D eigenvalue weighted by Gasteiger charge is -2.28. The monoisotopic (exact) mass is 582 g/mol. The highest BCUT2D eigenvalue weighted by Gasteiger charge is 2.12. The molecule has 0 bridgehead atoms. The van der Waals surface area contributed by atoms with E-state index in [9.17, 15) is 0 Å². The van der Waals surface area contributed by atoms with Crippen molar-refractivity contribution in [2.45, 2.75) is 23.3 Å². The third-order valence-electron chi connectivity index (χ3n) is 5.70. The molecule has 0 radical (unpaired) electrons.